The second kappa shape index (κ2) is 7.83. The van der Waals surface area contributed by atoms with Crippen LogP contribution in [0.4, 0.5) is 0 Å². The maximum atomic E-state index is 3.62. The zero-order valence-corrected chi connectivity index (χ0v) is 21.8. The summed E-state index contributed by atoms with van der Waals surface area (Å²) < 4.78 is 5.10. The number of hydrogen-bond donors (Lipinski definition) is 1. The Morgan fingerprint density at radius 2 is 1.23 bits per heavy atom. The van der Waals surface area contributed by atoms with Crippen molar-refractivity contribution in [2.45, 2.75) is 0 Å². The van der Waals surface area contributed by atoms with Gasteiger partial charge in [-0.3, -0.25) is 0 Å². The molecule has 0 aliphatic heterocycles. The number of aromatic nitrogens is 2. The molecule has 0 atom stereocenters. The molecule has 1 N–H and O–H groups in total. The third-order valence-electron chi connectivity index (χ3n) is 8.13. The summed E-state index contributed by atoms with van der Waals surface area (Å²) >= 11 is 1.91. The molecule has 0 fully saturated rings. The average molecular weight is 515 g/mol. The number of para-hydroxylation sites is 2. The standard InChI is InChI=1S/C36H22N2S/c1-2-8-22(9-3-1)23-14-16-24(17-15-23)38-32-13-7-5-10-25(32)28-20-29-26-18-19-31-35(27-11-4-6-12-30(27)37-31)36(26)39-34(29)21-33(28)38/h1-21,37H. The Morgan fingerprint density at radius 3 is 2.10 bits per heavy atom. The summed E-state index contributed by atoms with van der Waals surface area (Å²) in [7, 11) is 0. The number of fused-ring (bicyclic) bond motifs is 10. The van der Waals surface area contributed by atoms with Crippen molar-refractivity contribution in [1.29, 1.82) is 0 Å². The highest BCUT2D eigenvalue weighted by Crippen LogP contribution is 2.44. The monoisotopic (exact) mass is 514 g/mol. The summed E-state index contributed by atoms with van der Waals surface area (Å²) in [6.45, 7) is 0. The molecule has 6 aromatic carbocycles. The Labute approximate surface area is 228 Å². The van der Waals surface area contributed by atoms with Crippen LogP contribution in [-0.2, 0) is 0 Å². The normalized spacial score (nSPS) is 12.1. The molecule has 9 aromatic rings. The first kappa shape index (κ1) is 21.1. The van der Waals surface area contributed by atoms with E-state index in [1.807, 2.05) is 11.3 Å². The van der Waals surface area contributed by atoms with Gasteiger partial charge in [0, 0.05) is 58.4 Å². The summed E-state index contributed by atoms with van der Waals surface area (Å²) in [5.41, 5.74) is 8.53. The molecule has 3 heterocycles. The van der Waals surface area contributed by atoms with E-state index in [-0.39, 0.29) is 0 Å². The molecule has 0 aliphatic carbocycles. The fraction of sp³-hybridized carbons (Fsp3) is 0. The van der Waals surface area contributed by atoms with Gasteiger partial charge < -0.3 is 9.55 Å². The van der Waals surface area contributed by atoms with E-state index in [0.717, 1.165) is 0 Å². The van der Waals surface area contributed by atoms with Crippen LogP contribution in [0, 0.1) is 0 Å². The summed E-state index contributed by atoms with van der Waals surface area (Å²) in [5.74, 6) is 0. The Hall–Kier alpha value is -4.86. The van der Waals surface area contributed by atoms with Crippen molar-refractivity contribution in [2.24, 2.45) is 0 Å². The van der Waals surface area contributed by atoms with Crippen LogP contribution in [0.2, 0.25) is 0 Å². The first-order chi connectivity index (χ1) is 19.3. The van der Waals surface area contributed by atoms with Crippen LogP contribution in [0.1, 0.15) is 0 Å². The lowest BCUT2D eigenvalue weighted by Crippen LogP contribution is -1.93. The van der Waals surface area contributed by atoms with Gasteiger partial charge in [0.2, 0.25) is 0 Å². The molecule has 0 unspecified atom stereocenters. The number of nitrogens with one attached hydrogen (secondary N) is 1. The molecule has 0 amide bonds. The number of hydrogen-bond acceptors (Lipinski definition) is 1. The van der Waals surface area contributed by atoms with Crippen LogP contribution in [0.15, 0.2) is 127 Å². The summed E-state index contributed by atoms with van der Waals surface area (Å²) in [5, 5.41) is 7.87. The third-order valence-corrected chi connectivity index (χ3v) is 9.32. The number of nitrogens with zero attached hydrogens (tertiary/aromatic N) is 1. The van der Waals surface area contributed by atoms with Crippen molar-refractivity contribution in [3.8, 4) is 16.8 Å². The van der Waals surface area contributed by atoms with E-state index in [9.17, 15) is 0 Å². The fourth-order valence-corrected chi connectivity index (χ4v) is 7.62. The molecular weight excluding hydrogens is 492 g/mol. The smallest absolute Gasteiger partial charge is 0.0555 e. The topological polar surface area (TPSA) is 20.7 Å². The summed E-state index contributed by atoms with van der Waals surface area (Å²) in [4.78, 5) is 3.62. The van der Waals surface area contributed by atoms with Crippen LogP contribution < -0.4 is 0 Å². The molecule has 3 heteroatoms. The van der Waals surface area contributed by atoms with Crippen LogP contribution in [-0.4, -0.2) is 9.55 Å². The van der Waals surface area contributed by atoms with Gasteiger partial charge in [0.15, 0.2) is 0 Å². The van der Waals surface area contributed by atoms with Crippen molar-refractivity contribution in [2.75, 3.05) is 0 Å². The lowest BCUT2D eigenvalue weighted by molar-refractivity contribution is 1.18. The summed E-state index contributed by atoms with van der Waals surface area (Å²) in [6.07, 6.45) is 0. The quantitative estimate of drug-likeness (QED) is 0.237. The molecule has 182 valence electrons. The van der Waals surface area contributed by atoms with Crippen molar-refractivity contribution in [3.63, 3.8) is 0 Å². The van der Waals surface area contributed by atoms with Gasteiger partial charge >= 0.3 is 0 Å². The largest absolute Gasteiger partial charge is 0.354 e. The van der Waals surface area contributed by atoms with Crippen molar-refractivity contribution < 1.29 is 0 Å². The zero-order valence-electron chi connectivity index (χ0n) is 21.0. The highest BCUT2D eigenvalue weighted by Gasteiger charge is 2.17. The first-order valence-electron chi connectivity index (χ1n) is 13.3. The predicted molar refractivity (Wildman–Crippen MR) is 168 cm³/mol. The van der Waals surface area contributed by atoms with Gasteiger partial charge in [-0.2, -0.15) is 0 Å². The lowest BCUT2D eigenvalue weighted by Gasteiger charge is -2.09. The van der Waals surface area contributed by atoms with Crippen LogP contribution in [0.3, 0.4) is 0 Å². The van der Waals surface area contributed by atoms with Crippen LogP contribution >= 0.6 is 11.3 Å². The molecule has 9 rings (SSSR count). The van der Waals surface area contributed by atoms with Gasteiger partial charge in [-0.25, -0.2) is 0 Å². The Kier molecular flexibility index (Phi) is 4.24. The molecular formula is C36H22N2S. The number of rotatable bonds is 2. The first-order valence-corrected chi connectivity index (χ1v) is 14.1. The summed E-state index contributed by atoms with van der Waals surface area (Å²) in [6, 6.07) is 46.3. The molecule has 0 saturated heterocycles. The second-order valence-corrected chi connectivity index (χ2v) is 11.3. The lowest BCUT2D eigenvalue weighted by atomic mass is 10.1. The van der Waals surface area contributed by atoms with E-state index in [4.69, 9.17) is 0 Å². The number of benzene rings is 6. The number of H-pyrrole nitrogens is 1. The van der Waals surface area contributed by atoms with Crippen molar-refractivity contribution >= 4 is 75.1 Å². The average Bonchev–Trinajstić information content (AvgIpc) is 3.65. The fourth-order valence-electron chi connectivity index (χ4n) is 6.34. The molecule has 2 nitrogen and oxygen atoms in total. The van der Waals surface area contributed by atoms with Gasteiger partial charge in [0.1, 0.15) is 0 Å². The zero-order chi connectivity index (χ0) is 25.5. The third kappa shape index (κ3) is 2.96. The van der Waals surface area contributed by atoms with Crippen molar-refractivity contribution in [3.05, 3.63) is 127 Å². The van der Waals surface area contributed by atoms with E-state index in [2.05, 4.69) is 137 Å². The molecule has 3 aromatic heterocycles. The van der Waals surface area contributed by atoms with Gasteiger partial charge in [-0.05, 0) is 53.6 Å². The van der Waals surface area contributed by atoms with E-state index in [1.165, 1.54) is 80.6 Å². The minimum Gasteiger partial charge on any atom is -0.354 e. The maximum Gasteiger partial charge on any atom is 0.0555 e. The predicted octanol–water partition coefficient (Wildman–Crippen LogP) is 10.5. The van der Waals surface area contributed by atoms with Crippen LogP contribution in [0.5, 0.6) is 0 Å². The SMILES string of the molecule is c1ccc(-c2ccc(-n3c4ccccc4c4cc5c(cc43)sc3c5ccc4[nH]c5ccccc5c43)cc2)cc1. The highest BCUT2D eigenvalue weighted by atomic mass is 32.1. The van der Waals surface area contributed by atoms with E-state index in [0.29, 0.717) is 0 Å². The van der Waals surface area contributed by atoms with Gasteiger partial charge in [0.05, 0.1) is 11.0 Å². The van der Waals surface area contributed by atoms with Gasteiger partial charge in [-0.1, -0.05) is 84.9 Å². The molecule has 0 spiro atoms. The molecule has 0 radical (unpaired) electrons. The van der Waals surface area contributed by atoms with Gasteiger partial charge in [-0.15, -0.1) is 11.3 Å². The molecule has 0 bridgehead atoms. The molecule has 39 heavy (non-hydrogen) atoms. The van der Waals surface area contributed by atoms with E-state index in [1.54, 1.807) is 0 Å². The Balaban J connectivity index is 1.33. The Bertz CT molecular complexity index is 2370. The molecule has 0 saturated carbocycles. The molecule has 0 aliphatic rings. The minimum atomic E-state index is 1.18. The maximum absolute atomic E-state index is 3.62. The van der Waals surface area contributed by atoms with Gasteiger partial charge in [0.25, 0.3) is 0 Å². The minimum absolute atomic E-state index is 1.18. The Morgan fingerprint density at radius 1 is 0.487 bits per heavy atom. The van der Waals surface area contributed by atoms with E-state index >= 15 is 0 Å². The van der Waals surface area contributed by atoms with Crippen molar-refractivity contribution in [1.82, 2.24) is 9.55 Å². The number of aromatic amines is 1. The highest BCUT2D eigenvalue weighted by molar-refractivity contribution is 7.26. The van der Waals surface area contributed by atoms with Crippen LogP contribution in [0.25, 0.3) is 80.6 Å². The second-order valence-electron chi connectivity index (χ2n) is 10.3. The van der Waals surface area contributed by atoms with E-state index < -0.39 is 0 Å². The number of thiophene rings is 1.